The Bertz CT molecular complexity index is 716. The number of aromatic nitrogens is 3. The lowest BCUT2D eigenvalue weighted by molar-refractivity contribution is 0.897. The standard InChI is InChI=1S/C12H6Cl3N3/c13-8-2-1-3-9(14)11(8)18-6-7-10(17-18)4-5-16-12(7)15/h1-6H. The van der Waals surface area contributed by atoms with Gasteiger partial charge in [-0.2, -0.15) is 5.10 Å². The monoisotopic (exact) mass is 297 g/mol. The van der Waals surface area contributed by atoms with Gasteiger partial charge in [0.15, 0.2) is 0 Å². The maximum atomic E-state index is 6.14. The molecule has 0 bridgehead atoms. The highest BCUT2D eigenvalue weighted by atomic mass is 35.5. The molecule has 18 heavy (non-hydrogen) atoms. The Morgan fingerprint density at radius 3 is 2.39 bits per heavy atom. The van der Waals surface area contributed by atoms with Crippen molar-refractivity contribution in [3.63, 3.8) is 0 Å². The molecule has 90 valence electrons. The van der Waals surface area contributed by atoms with Crippen molar-refractivity contribution in [2.75, 3.05) is 0 Å². The van der Waals surface area contributed by atoms with Crippen LogP contribution in [0.2, 0.25) is 15.2 Å². The van der Waals surface area contributed by atoms with Gasteiger partial charge in [-0.15, -0.1) is 0 Å². The molecule has 0 amide bonds. The molecule has 0 atom stereocenters. The third-order valence-electron chi connectivity index (χ3n) is 2.55. The fourth-order valence-electron chi connectivity index (χ4n) is 1.73. The average molecular weight is 299 g/mol. The number of halogens is 3. The summed E-state index contributed by atoms with van der Waals surface area (Å²) in [5.41, 5.74) is 1.37. The summed E-state index contributed by atoms with van der Waals surface area (Å²) >= 11 is 18.3. The summed E-state index contributed by atoms with van der Waals surface area (Å²) in [5.74, 6) is 0. The quantitative estimate of drug-likeness (QED) is 0.624. The van der Waals surface area contributed by atoms with E-state index in [1.54, 1.807) is 41.3 Å². The van der Waals surface area contributed by atoms with Crippen molar-refractivity contribution in [1.29, 1.82) is 0 Å². The van der Waals surface area contributed by atoms with Crippen molar-refractivity contribution in [3.05, 3.63) is 51.9 Å². The number of para-hydroxylation sites is 1. The van der Waals surface area contributed by atoms with Crippen LogP contribution in [0.25, 0.3) is 16.6 Å². The SMILES string of the molecule is Clc1cccc(Cl)c1-n1cc2c(Cl)nccc2n1. The smallest absolute Gasteiger partial charge is 0.140 e. The second-order valence-corrected chi connectivity index (χ2v) is 4.85. The van der Waals surface area contributed by atoms with Gasteiger partial charge in [0.25, 0.3) is 0 Å². The zero-order valence-corrected chi connectivity index (χ0v) is 11.2. The molecule has 0 aliphatic carbocycles. The largest absolute Gasteiger partial charge is 0.244 e. The minimum absolute atomic E-state index is 0.405. The molecule has 1 aromatic carbocycles. The van der Waals surface area contributed by atoms with Gasteiger partial charge in [-0.3, -0.25) is 0 Å². The van der Waals surface area contributed by atoms with Crippen molar-refractivity contribution >= 4 is 45.7 Å². The molecule has 0 aliphatic rings. The van der Waals surface area contributed by atoms with Gasteiger partial charge in [-0.25, -0.2) is 9.67 Å². The van der Waals surface area contributed by atoms with Crippen LogP contribution in [0.5, 0.6) is 0 Å². The summed E-state index contributed by atoms with van der Waals surface area (Å²) in [5, 5.41) is 6.61. The molecule has 3 nitrogen and oxygen atoms in total. The first-order valence-electron chi connectivity index (χ1n) is 5.11. The lowest BCUT2D eigenvalue weighted by Crippen LogP contribution is -1.96. The van der Waals surface area contributed by atoms with Crippen LogP contribution < -0.4 is 0 Å². The van der Waals surface area contributed by atoms with E-state index in [1.807, 2.05) is 0 Å². The van der Waals surface area contributed by atoms with E-state index in [0.717, 1.165) is 10.9 Å². The van der Waals surface area contributed by atoms with E-state index in [9.17, 15) is 0 Å². The maximum absolute atomic E-state index is 6.14. The van der Waals surface area contributed by atoms with Gasteiger partial charge >= 0.3 is 0 Å². The van der Waals surface area contributed by atoms with Gasteiger partial charge in [-0.1, -0.05) is 40.9 Å². The lowest BCUT2D eigenvalue weighted by atomic mass is 10.3. The number of nitrogens with zero attached hydrogens (tertiary/aromatic N) is 3. The molecule has 3 rings (SSSR count). The molecule has 3 aromatic rings. The minimum Gasteiger partial charge on any atom is -0.244 e. The molecule has 0 radical (unpaired) electrons. The summed E-state index contributed by atoms with van der Waals surface area (Å²) in [7, 11) is 0. The van der Waals surface area contributed by atoms with Crippen molar-refractivity contribution < 1.29 is 0 Å². The van der Waals surface area contributed by atoms with E-state index in [4.69, 9.17) is 34.8 Å². The predicted molar refractivity (Wildman–Crippen MR) is 73.9 cm³/mol. The Kier molecular flexibility index (Phi) is 2.90. The van der Waals surface area contributed by atoms with Crippen LogP contribution in [0.1, 0.15) is 0 Å². The average Bonchev–Trinajstić information content (AvgIpc) is 2.74. The van der Waals surface area contributed by atoms with Crippen LogP contribution in [0.15, 0.2) is 36.7 Å². The Morgan fingerprint density at radius 2 is 1.72 bits per heavy atom. The summed E-state index contributed by atoms with van der Waals surface area (Å²) < 4.78 is 1.61. The molecule has 2 aromatic heterocycles. The van der Waals surface area contributed by atoms with Crippen LogP contribution in [0, 0.1) is 0 Å². The topological polar surface area (TPSA) is 30.7 Å². The molecule has 0 spiro atoms. The Labute approximate surface area is 118 Å². The van der Waals surface area contributed by atoms with Crippen LogP contribution in [-0.2, 0) is 0 Å². The predicted octanol–water partition coefficient (Wildman–Crippen LogP) is 4.38. The molecule has 2 heterocycles. The molecule has 0 aliphatic heterocycles. The van der Waals surface area contributed by atoms with E-state index >= 15 is 0 Å². The molecule has 0 unspecified atom stereocenters. The lowest BCUT2D eigenvalue weighted by Gasteiger charge is -2.05. The second-order valence-electron chi connectivity index (χ2n) is 3.68. The molecule has 6 heteroatoms. The van der Waals surface area contributed by atoms with Gasteiger partial charge in [0.1, 0.15) is 10.8 Å². The fraction of sp³-hybridized carbons (Fsp3) is 0. The van der Waals surface area contributed by atoms with Gasteiger partial charge in [0, 0.05) is 12.4 Å². The summed E-state index contributed by atoms with van der Waals surface area (Å²) in [6.07, 6.45) is 3.37. The fourth-order valence-corrected chi connectivity index (χ4v) is 2.51. The molecular formula is C12H6Cl3N3. The number of fused-ring (bicyclic) bond motifs is 1. The summed E-state index contributed by atoms with van der Waals surface area (Å²) in [6, 6.07) is 7.08. The Hall–Kier alpha value is -1.29. The highest BCUT2D eigenvalue weighted by Gasteiger charge is 2.11. The number of pyridine rings is 1. The first-order valence-corrected chi connectivity index (χ1v) is 6.24. The van der Waals surface area contributed by atoms with Crippen molar-refractivity contribution in [2.24, 2.45) is 0 Å². The maximum Gasteiger partial charge on any atom is 0.140 e. The normalized spacial score (nSPS) is 11.1. The Balaban J connectivity index is 2.30. The van der Waals surface area contributed by atoms with Crippen molar-refractivity contribution in [3.8, 4) is 5.69 Å². The van der Waals surface area contributed by atoms with E-state index in [0.29, 0.717) is 20.9 Å². The van der Waals surface area contributed by atoms with E-state index in [-0.39, 0.29) is 0 Å². The van der Waals surface area contributed by atoms with Crippen LogP contribution in [0.3, 0.4) is 0 Å². The van der Waals surface area contributed by atoms with Crippen LogP contribution in [-0.4, -0.2) is 14.8 Å². The molecule has 0 N–H and O–H groups in total. The third-order valence-corrected chi connectivity index (χ3v) is 3.46. The highest BCUT2D eigenvalue weighted by Crippen LogP contribution is 2.30. The number of hydrogen-bond donors (Lipinski definition) is 0. The first-order chi connectivity index (χ1) is 8.66. The zero-order valence-electron chi connectivity index (χ0n) is 8.94. The third kappa shape index (κ3) is 1.85. The molecule has 0 fully saturated rings. The number of benzene rings is 1. The van der Waals surface area contributed by atoms with E-state index < -0.39 is 0 Å². The van der Waals surface area contributed by atoms with Crippen molar-refractivity contribution in [2.45, 2.75) is 0 Å². The second kappa shape index (κ2) is 4.43. The van der Waals surface area contributed by atoms with E-state index in [2.05, 4.69) is 10.1 Å². The van der Waals surface area contributed by atoms with Crippen molar-refractivity contribution in [1.82, 2.24) is 14.8 Å². The molecule has 0 saturated heterocycles. The molecular weight excluding hydrogens is 293 g/mol. The van der Waals surface area contributed by atoms with Crippen LogP contribution >= 0.6 is 34.8 Å². The summed E-state index contributed by atoms with van der Waals surface area (Å²) in [4.78, 5) is 4.01. The van der Waals surface area contributed by atoms with Crippen LogP contribution in [0.4, 0.5) is 0 Å². The first kappa shape index (κ1) is 11.8. The highest BCUT2D eigenvalue weighted by molar-refractivity contribution is 6.37. The van der Waals surface area contributed by atoms with Gasteiger partial charge in [0.2, 0.25) is 0 Å². The van der Waals surface area contributed by atoms with Gasteiger partial charge in [0.05, 0.1) is 20.9 Å². The minimum atomic E-state index is 0.405. The van der Waals surface area contributed by atoms with Gasteiger partial charge < -0.3 is 0 Å². The Morgan fingerprint density at radius 1 is 1.00 bits per heavy atom. The number of hydrogen-bond acceptors (Lipinski definition) is 2. The van der Waals surface area contributed by atoms with E-state index in [1.165, 1.54) is 0 Å². The van der Waals surface area contributed by atoms with Gasteiger partial charge in [-0.05, 0) is 18.2 Å². The molecule has 0 saturated carbocycles. The zero-order chi connectivity index (χ0) is 12.7. The summed E-state index contributed by atoms with van der Waals surface area (Å²) in [6.45, 7) is 0. The number of rotatable bonds is 1.